The van der Waals surface area contributed by atoms with Gasteiger partial charge in [-0.1, -0.05) is 25.1 Å². The van der Waals surface area contributed by atoms with Crippen LogP contribution in [-0.2, 0) is 15.3 Å². The molecular formula is C17H19N3O3. The third-order valence-electron chi connectivity index (χ3n) is 5.32. The number of amides is 3. The number of benzene rings is 1. The Hall–Kier alpha value is -2.21. The Bertz CT molecular complexity index is 732. The lowest BCUT2D eigenvalue weighted by Gasteiger charge is -2.48. The largest absolute Gasteiger partial charge is 0.314 e. The van der Waals surface area contributed by atoms with Gasteiger partial charge in [-0.05, 0) is 19.4 Å². The average molecular weight is 313 g/mol. The molecule has 3 amide bonds. The van der Waals surface area contributed by atoms with Gasteiger partial charge in [0.15, 0.2) is 5.66 Å². The van der Waals surface area contributed by atoms with E-state index < -0.39 is 11.6 Å². The molecule has 2 fully saturated rings. The van der Waals surface area contributed by atoms with Crippen molar-refractivity contribution in [2.24, 2.45) is 5.92 Å². The first kappa shape index (κ1) is 14.4. The van der Waals surface area contributed by atoms with Crippen LogP contribution in [0.2, 0.25) is 0 Å². The molecule has 120 valence electrons. The molecule has 4 rings (SSSR count). The van der Waals surface area contributed by atoms with Crippen LogP contribution in [0.15, 0.2) is 24.3 Å². The number of carbonyl (C=O) groups excluding carboxylic acids is 3. The van der Waals surface area contributed by atoms with Crippen LogP contribution in [0.3, 0.4) is 0 Å². The zero-order chi connectivity index (χ0) is 16.4. The van der Waals surface area contributed by atoms with Crippen molar-refractivity contribution in [3.63, 3.8) is 0 Å². The zero-order valence-corrected chi connectivity index (χ0v) is 13.3. The Morgan fingerprint density at radius 2 is 2.00 bits per heavy atom. The maximum Gasteiger partial charge on any atom is 0.256 e. The van der Waals surface area contributed by atoms with Gasteiger partial charge in [0.25, 0.3) is 11.8 Å². The molecule has 3 aliphatic rings. The van der Waals surface area contributed by atoms with Crippen molar-refractivity contribution in [2.75, 3.05) is 13.1 Å². The third-order valence-corrected chi connectivity index (χ3v) is 5.32. The maximum atomic E-state index is 12.9. The highest BCUT2D eigenvalue weighted by Crippen LogP contribution is 2.53. The van der Waals surface area contributed by atoms with Gasteiger partial charge in [-0.2, -0.15) is 5.01 Å². The second-order valence-electron chi connectivity index (χ2n) is 6.32. The van der Waals surface area contributed by atoms with Crippen LogP contribution in [0, 0.1) is 5.92 Å². The average Bonchev–Trinajstić information content (AvgIpc) is 2.98. The van der Waals surface area contributed by atoms with Crippen LogP contribution in [0.1, 0.15) is 42.6 Å². The van der Waals surface area contributed by atoms with Gasteiger partial charge in [-0.15, -0.1) is 0 Å². The number of hydrogen-bond acceptors (Lipinski definition) is 4. The van der Waals surface area contributed by atoms with E-state index in [9.17, 15) is 14.4 Å². The SMILES string of the molecule is CCC(=O)N1C(=O)[C@H](C)[C@@]23c4ccccc4C(=O)N2CCCN13. The van der Waals surface area contributed by atoms with Crippen LogP contribution in [0.4, 0.5) is 0 Å². The van der Waals surface area contributed by atoms with E-state index in [1.807, 2.05) is 36.2 Å². The van der Waals surface area contributed by atoms with Crippen molar-refractivity contribution in [1.29, 1.82) is 0 Å². The summed E-state index contributed by atoms with van der Waals surface area (Å²) < 4.78 is 0. The lowest BCUT2D eigenvalue weighted by atomic mass is 9.86. The van der Waals surface area contributed by atoms with E-state index in [-0.39, 0.29) is 24.1 Å². The molecule has 0 bridgehead atoms. The quantitative estimate of drug-likeness (QED) is 0.785. The highest BCUT2D eigenvalue weighted by atomic mass is 16.2. The minimum absolute atomic E-state index is 0.0456. The summed E-state index contributed by atoms with van der Waals surface area (Å²) in [5, 5.41) is 3.12. The van der Waals surface area contributed by atoms with E-state index in [0.717, 1.165) is 12.0 Å². The summed E-state index contributed by atoms with van der Waals surface area (Å²) in [6.07, 6.45) is 1.01. The molecule has 0 radical (unpaired) electrons. The monoisotopic (exact) mass is 313 g/mol. The number of rotatable bonds is 1. The predicted molar refractivity (Wildman–Crippen MR) is 81.8 cm³/mol. The third kappa shape index (κ3) is 1.49. The second-order valence-corrected chi connectivity index (χ2v) is 6.32. The van der Waals surface area contributed by atoms with E-state index in [4.69, 9.17) is 0 Å². The fraction of sp³-hybridized carbons (Fsp3) is 0.471. The van der Waals surface area contributed by atoms with Crippen LogP contribution >= 0.6 is 0 Å². The minimum atomic E-state index is -0.839. The Morgan fingerprint density at radius 3 is 2.74 bits per heavy atom. The fourth-order valence-corrected chi connectivity index (χ4v) is 4.36. The topological polar surface area (TPSA) is 60.9 Å². The molecule has 3 aliphatic heterocycles. The molecule has 0 N–H and O–H groups in total. The van der Waals surface area contributed by atoms with Crippen molar-refractivity contribution in [3.8, 4) is 0 Å². The Labute approximate surface area is 134 Å². The number of imide groups is 1. The number of fused-ring (bicyclic) bond motifs is 1. The Morgan fingerprint density at radius 1 is 1.26 bits per heavy atom. The summed E-state index contributed by atoms with van der Waals surface area (Å²) in [5.41, 5.74) is 0.648. The molecule has 0 saturated carbocycles. The van der Waals surface area contributed by atoms with Gasteiger partial charge in [-0.25, -0.2) is 5.01 Å². The molecule has 6 heteroatoms. The van der Waals surface area contributed by atoms with Crippen LogP contribution in [-0.4, -0.2) is 45.7 Å². The highest BCUT2D eigenvalue weighted by molar-refractivity contribution is 6.04. The van der Waals surface area contributed by atoms with E-state index in [2.05, 4.69) is 0 Å². The fourth-order valence-electron chi connectivity index (χ4n) is 4.36. The van der Waals surface area contributed by atoms with Gasteiger partial charge in [0.05, 0.1) is 5.92 Å². The van der Waals surface area contributed by atoms with Gasteiger partial charge >= 0.3 is 0 Å². The van der Waals surface area contributed by atoms with E-state index in [0.29, 0.717) is 18.7 Å². The first-order valence-electron chi connectivity index (χ1n) is 8.11. The van der Waals surface area contributed by atoms with Crippen molar-refractivity contribution >= 4 is 17.7 Å². The van der Waals surface area contributed by atoms with Crippen molar-refractivity contribution in [2.45, 2.75) is 32.4 Å². The van der Waals surface area contributed by atoms with Crippen molar-refractivity contribution in [3.05, 3.63) is 35.4 Å². The molecule has 2 atom stereocenters. The number of nitrogens with zero attached hydrogens (tertiary/aromatic N) is 3. The van der Waals surface area contributed by atoms with Crippen LogP contribution in [0.25, 0.3) is 0 Å². The van der Waals surface area contributed by atoms with Gasteiger partial charge < -0.3 is 4.90 Å². The summed E-state index contributed by atoms with van der Waals surface area (Å²) in [5.74, 6) is -0.938. The first-order valence-corrected chi connectivity index (χ1v) is 8.11. The second kappa shape index (κ2) is 4.64. The molecule has 1 spiro atoms. The number of hydrogen-bond donors (Lipinski definition) is 0. The van der Waals surface area contributed by atoms with Gasteiger partial charge in [0.1, 0.15) is 0 Å². The lowest BCUT2D eigenvalue weighted by molar-refractivity contribution is -0.174. The zero-order valence-electron chi connectivity index (χ0n) is 13.3. The van der Waals surface area contributed by atoms with Crippen molar-refractivity contribution in [1.82, 2.24) is 14.9 Å². The van der Waals surface area contributed by atoms with Gasteiger partial charge in [0.2, 0.25) is 5.91 Å². The number of hydrazine groups is 1. The summed E-state index contributed by atoms with van der Waals surface area (Å²) in [6.45, 7) is 4.78. The summed E-state index contributed by atoms with van der Waals surface area (Å²) in [6, 6.07) is 7.45. The van der Waals surface area contributed by atoms with Gasteiger partial charge in [0, 0.05) is 30.6 Å². The summed E-state index contributed by atoms with van der Waals surface area (Å²) in [4.78, 5) is 39.9. The minimum Gasteiger partial charge on any atom is -0.314 e. The summed E-state index contributed by atoms with van der Waals surface area (Å²) >= 11 is 0. The Balaban J connectivity index is 1.97. The molecule has 3 heterocycles. The maximum absolute atomic E-state index is 12.9. The molecule has 0 aromatic heterocycles. The molecule has 0 aliphatic carbocycles. The van der Waals surface area contributed by atoms with Gasteiger partial charge in [-0.3, -0.25) is 14.4 Å². The molecule has 1 aromatic rings. The molecule has 23 heavy (non-hydrogen) atoms. The standard InChI is InChI=1S/C17H19N3O3/c1-3-14(21)20-15(22)11(2)17-13-8-5-4-7-12(13)16(23)18(17)9-6-10-19(17)20/h4-5,7-8,11H,3,6,9-10H2,1-2H3/t11-,17+/m0/s1. The predicted octanol–water partition coefficient (Wildman–Crippen LogP) is 1.33. The normalized spacial score (nSPS) is 29.6. The van der Waals surface area contributed by atoms with Crippen LogP contribution in [0.5, 0.6) is 0 Å². The highest BCUT2D eigenvalue weighted by Gasteiger charge is 2.67. The van der Waals surface area contributed by atoms with Crippen molar-refractivity contribution < 1.29 is 14.4 Å². The Kier molecular flexibility index (Phi) is 2.90. The first-order chi connectivity index (χ1) is 11.0. The lowest BCUT2D eigenvalue weighted by Crippen LogP contribution is -2.62. The summed E-state index contributed by atoms with van der Waals surface area (Å²) in [7, 11) is 0. The molecule has 6 nitrogen and oxygen atoms in total. The molecule has 0 unspecified atom stereocenters. The van der Waals surface area contributed by atoms with E-state index >= 15 is 0 Å². The van der Waals surface area contributed by atoms with E-state index in [1.54, 1.807) is 11.8 Å². The number of carbonyl (C=O) groups is 3. The molecule has 1 aromatic carbocycles. The molecular weight excluding hydrogens is 294 g/mol. The van der Waals surface area contributed by atoms with Crippen LogP contribution < -0.4 is 0 Å². The van der Waals surface area contributed by atoms with E-state index in [1.165, 1.54) is 5.01 Å². The molecule has 2 saturated heterocycles. The smallest absolute Gasteiger partial charge is 0.256 e.